The molecule has 0 saturated heterocycles. The molecular weight excluding hydrogens is 196 g/mol. The molecule has 10 heavy (non-hydrogen) atoms. The molecule has 4 heteroatoms. The van der Waals surface area contributed by atoms with Gasteiger partial charge in [-0.05, 0) is 6.07 Å². The molecule has 1 aromatic heterocycles. The van der Waals surface area contributed by atoms with Crippen LogP contribution in [-0.4, -0.2) is 20.4 Å². The first kappa shape index (κ1) is 7.63. The zero-order chi connectivity index (χ0) is 7.40. The van der Waals surface area contributed by atoms with Crippen LogP contribution in [0.1, 0.15) is 11.8 Å². The summed E-state index contributed by atoms with van der Waals surface area (Å²) in [6.45, 7) is 0. The standard InChI is InChI=1S/C6H7BrN2O/c7-3-6(10)5-1-2-8-4-9-5/h1-2,4,6,10H,3H2. The lowest BCUT2D eigenvalue weighted by Crippen LogP contribution is -2.00. The SMILES string of the molecule is OC(CBr)c1ccncn1. The molecule has 1 aromatic rings. The molecular formula is C6H7BrN2O. The van der Waals surface area contributed by atoms with Crippen LogP contribution < -0.4 is 0 Å². The van der Waals surface area contributed by atoms with Crippen molar-refractivity contribution in [2.75, 3.05) is 5.33 Å². The van der Waals surface area contributed by atoms with Gasteiger partial charge in [0, 0.05) is 11.5 Å². The number of aromatic nitrogens is 2. The Morgan fingerprint density at radius 3 is 3.00 bits per heavy atom. The Bertz CT molecular complexity index is 192. The molecule has 1 N–H and O–H groups in total. The van der Waals surface area contributed by atoms with E-state index in [1.807, 2.05) is 0 Å². The lowest BCUT2D eigenvalue weighted by atomic mass is 10.3. The number of alkyl halides is 1. The van der Waals surface area contributed by atoms with Crippen LogP contribution in [0.25, 0.3) is 0 Å². The highest BCUT2D eigenvalue weighted by atomic mass is 79.9. The Kier molecular flexibility index (Phi) is 2.77. The maximum Gasteiger partial charge on any atom is 0.115 e. The molecule has 54 valence electrons. The van der Waals surface area contributed by atoms with Crippen LogP contribution in [0.2, 0.25) is 0 Å². The van der Waals surface area contributed by atoms with Gasteiger partial charge in [0.2, 0.25) is 0 Å². The van der Waals surface area contributed by atoms with Gasteiger partial charge < -0.3 is 5.11 Å². The molecule has 0 aliphatic carbocycles. The molecule has 0 aromatic carbocycles. The molecule has 0 amide bonds. The number of halogens is 1. The van der Waals surface area contributed by atoms with E-state index in [0.29, 0.717) is 11.0 Å². The van der Waals surface area contributed by atoms with Crippen LogP contribution in [0.15, 0.2) is 18.6 Å². The second-order valence-corrected chi connectivity index (χ2v) is 2.45. The number of rotatable bonds is 2. The van der Waals surface area contributed by atoms with Gasteiger partial charge in [-0.3, -0.25) is 0 Å². The maximum atomic E-state index is 9.19. The van der Waals surface area contributed by atoms with Crippen LogP contribution in [0, 0.1) is 0 Å². The lowest BCUT2D eigenvalue weighted by molar-refractivity contribution is 0.200. The van der Waals surface area contributed by atoms with E-state index in [4.69, 9.17) is 0 Å². The van der Waals surface area contributed by atoms with E-state index in [1.165, 1.54) is 6.33 Å². The molecule has 0 aliphatic rings. The first-order valence-electron chi connectivity index (χ1n) is 2.84. The third-order valence-corrected chi connectivity index (χ3v) is 1.71. The van der Waals surface area contributed by atoms with Gasteiger partial charge >= 0.3 is 0 Å². The fourth-order valence-electron chi connectivity index (χ4n) is 0.577. The van der Waals surface area contributed by atoms with Gasteiger partial charge in [0.05, 0.1) is 5.69 Å². The molecule has 0 radical (unpaired) electrons. The van der Waals surface area contributed by atoms with E-state index in [-0.39, 0.29) is 0 Å². The third-order valence-electron chi connectivity index (χ3n) is 1.09. The van der Waals surface area contributed by atoms with Gasteiger partial charge in [0.15, 0.2) is 0 Å². The average Bonchev–Trinajstić information content (AvgIpc) is 2.05. The molecule has 1 rings (SSSR count). The summed E-state index contributed by atoms with van der Waals surface area (Å²) in [5.74, 6) is 0. The zero-order valence-corrected chi connectivity index (χ0v) is 6.82. The van der Waals surface area contributed by atoms with Crippen molar-refractivity contribution in [3.63, 3.8) is 0 Å². The van der Waals surface area contributed by atoms with E-state index in [1.54, 1.807) is 12.3 Å². The van der Waals surface area contributed by atoms with Crippen LogP contribution in [-0.2, 0) is 0 Å². The second kappa shape index (κ2) is 3.63. The first-order valence-corrected chi connectivity index (χ1v) is 3.96. The average molecular weight is 203 g/mol. The van der Waals surface area contributed by atoms with Crippen LogP contribution in [0.3, 0.4) is 0 Å². The Labute approximate surface area is 67.3 Å². The first-order chi connectivity index (χ1) is 4.84. The molecule has 0 spiro atoms. The summed E-state index contributed by atoms with van der Waals surface area (Å²) in [6.07, 6.45) is 2.50. The summed E-state index contributed by atoms with van der Waals surface area (Å²) in [6, 6.07) is 1.69. The fraction of sp³-hybridized carbons (Fsp3) is 0.333. The molecule has 1 unspecified atom stereocenters. The predicted molar refractivity (Wildman–Crippen MR) is 40.8 cm³/mol. The quantitative estimate of drug-likeness (QED) is 0.726. The van der Waals surface area contributed by atoms with Crippen molar-refractivity contribution in [3.8, 4) is 0 Å². The number of aliphatic hydroxyl groups is 1. The van der Waals surface area contributed by atoms with Crippen molar-refractivity contribution in [2.24, 2.45) is 0 Å². The molecule has 1 atom stereocenters. The van der Waals surface area contributed by atoms with Crippen molar-refractivity contribution >= 4 is 15.9 Å². The fourth-order valence-corrected chi connectivity index (χ4v) is 0.909. The highest BCUT2D eigenvalue weighted by Gasteiger charge is 2.04. The van der Waals surface area contributed by atoms with Crippen LogP contribution in [0.5, 0.6) is 0 Å². The van der Waals surface area contributed by atoms with Gasteiger partial charge in [-0.2, -0.15) is 0 Å². The minimum atomic E-state index is -0.525. The van der Waals surface area contributed by atoms with Crippen molar-refractivity contribution in [1.82, 2.24) is 9.97 Å². The van der Waals surface area contributed by atoms with E-state index in [2.05, 4.69) is 25.9 Å². The summed E-state index contributed by atoms with van der Waals surface area (Å²) in [7, 11) is 0. The Balaban J connectivity index is 2.75. The minimum Gasteiger partial charge on any atom is -0.386 e. The number of nitrogens with zero attached hydrogens (tertiary/aromatic N) is 2. The predicted octanol–water partition coefficient (Wildman–Crippen LogP) is 0.905. The van der Waals surface area contributed by atoms with Crippen molar-refractivity contribution in [3.05, 3.63) is 24.3 Å². The molecule has 0 bridgehead atoms. The van der Waals surface area contributed by atoms with E-state index >= 15 is 0 Å². The maximum absolute atomic E-state index is 9.19. The summed E-state index contributed by atoms with van der Waals surface area (Å²) in [5.41, 5.74) is 0.645. The zero-order valence-electron chi connectivity index (χ0n) is 5.24. The smallest absolute Gasteiger partial charge is 0.115 e. The van der Waals surface area contributed by atoms with Crippen molar-refractivity contribution < 1.29 is 5.11 Å². The minimum absolute atomic E-state index is 0.504. The van der Waals surface area contributed by atoms with E-state index in [0.717, 1.165) is 0 Å². The summed E-state index contributed by atoms with van der Waals surface area (Å²) < 4.78 is 0. The second-order valence-electron chi connectivity index (χ2n) is 1.80. The van der Waals surface area contributed by atoms with E-state index < -0.39 is 6.10 Å². The summed E-state index contributed by atoms with van der Waals surface area (Å²) in [4.78, 5) is 7.58. The monoisotopic (exact) mass is 202 g/mol. The van der Waals surface area contributed by atoms with Gasteiger partial charge in [-0.15, -0.1) is 0 Å². The summed E-state index contributed by atoms with van der Waals surface area (Å²) >= 11 is 3.14. The molecule has 0 fully saturated rings. The lowest BCUT2D eigenvalue weighted by Gasteiger charge is -2.02. The van der Waals surface area contributed by atoms with E-state index in [9.17, 15) is 5.11 Å². The number of hydrogen-bond donors (Lipinski definition) is 1. The topological polar surface area (TPSA) is 46.0 Å². The Morgan fingerprint density at radius 1 is 1.70 bits per heavy atom. The van der Waals surface area contributed by atoms with Gasteiger partial charge in [-0.25, -0.2) is 9.97 Å². The third kappa shape index (κ3) is 1.75. The van der Waals surface area contributed by atoms with Crippen LogP contribution in [0.4, 0.5) is 0 Å². The van der Waals surface area contributed by atoms with Gasteiger partial charge in [-0.1, -0.05) is 15.9 Å². The van der Waals surface area contributed by atoms with Crippen LogP contribution >= 0.6 is 15.9 Å². The Morgan fingerprint density at radius 2 is 2.50 bits per heavy atom. The van der Waals surface area contributed by atoms with Crippen molar-refractivity contribution in [2.45, 2.75) is 6.10 Å². The number of aliphatic hydroxyl groups excluding tert-OH is 1. The van der Waals surface area contributed by atoms with Crippen molar-refractivity contribution in [1.29, 1.82) is 0 Å². The molecule has 0 saturated carbocycles. The van der Waals surface area contributed by atoms with Gasteiger partial charge in [0.25, 0.3) is 0 Å². The largest absolute Gasteiger partial charge is 0.386 e. The normalized spacial score (nSPS) is 13.0. The molecule has 1 heterocycles. The number of hydrogen-bond acceptors (Lipinski definition) is 3. The molecule has 3 nitrogen and oxygen atoms in total. The highest BCUT2D eigenvalue weighted by molar-refractivity contribution is 9.09. The highest BCUT2D eigenvalue weighted by Crippen LogP contribution is 2.09. The summed E-state index contributed by atoms with van der Waals surface area (Å²) in [5, 5.41) is 9.70. The van der Waals surface area contributed by atoms with Gasteiger partial charge in [0.1, 0.15) is 12.4 Å². The Hall–Kier alpha value is -0.480. The molecule has 0 aliphatic heterocycles.